The van der Waals surface area contributed by atoms with Crippen LogP contribution >= 0.6 is 23.8 Å². The molecule has 1 saturated heterocycles. The van der Waals surface area contributed by atoms with Gasteiger partial charge >= 0.3 is 0 Å². The lowest BCUT2D eigenvalue weighted by Crippen LogP contribution is -2.47. The van der Waals surface area contributed by atoms with E-state index in [2.05, 4.69) is 23.6 Å². The normalized spacial score (nSPS) is 16.7. The van der Waals surface area contributed by atoms with Crippen molar-refractivity contribution in [2.24, 2.45) is 13.0 Å². The van der Waals surface area contributed by atoms with E-state index in [9.17, 15) is 0 Å². The number of hydrogen-bond acceptors (Lipinski definition) is 4. The number of halogens is 1. The highest BCUT2D eigenvalue weighted by molar-refractivity contribution is 7.71. The summed E-state index contributed by atoms with van der Waals surface area (Å²) < 4.78 is 4.57. The fraction of sp³-hybridized carbons (Fsp3) is 0.556. The highest BCUT2D eigenvalue weighted by Gasteiger charge is 2.19. The summed E-state index contributed by atoms with van der Waals surface area (Å²) in [6.07, 6.45) is 0. The summed E-state index contributed by atoms with van der Waals surface area (Å²) in [6, 6.07) is 7.76. The van der Waals surface area contributed by atoms with E-state index >= 15 is 0 Å². The van der Waals surface area contributed by atoms with Gasteiger partial charge in [-0.3, -0.25) is 4.90 Å². The monoisotopic (exact) mass is 379 g/mol. The number of piperazine rings is 1. The van der Waals surface area contributed by atoms with Crippen molar-refractivity contribution >= 4 is 23.8 Å². The molecule has 1 aliphatic rings. The number of aromatic nitrogens is 3. The molecule has 2 aromatic rings. The number of rotatable bonds is 5. The van der Waals surface area contributed by atoms with Gasteiger partial charge in [0.15, 0.2) is 10.6 Å². The zero-order chi connectivity index (χ0) is 18.0. The number of nitrogens with zero attached hydrogens (tertiary/aromatic N) is 5. The summed E-state index contributed by atoms with van der Waals surface area (Å²) in [4.78, 5) is 4.95. The van der Waals surface area contributed by atoms with Crippen LogP contribution in [-0.2, 0) is 13.7 Å². The lowest BCUT2D eigenvalue weighted by Gasteiger charge is -2.35. The molecule has 7 heteroatoms. The number of benzene rings is 1. The van der Waals surface area contributed by atoms with Gasteiger partial charge in [0.25, 0.3) is 0 Å². The standard InChI is InChI=1S/C18H26ClN5S/c1-14(2)12-22-8-10-23(11-9-22)13-24-18(25)21(3)17(20-24)15-6-4-5-7-16(15)19/h4-7,14H,8-13H2,1-3H3. The minimum absolute atomic E-state index is 0.694. The maximum Gasteiger partial charge on any atom is 0.199 e. The Balaban J connectivity index is 1.72. The predicted molar refractivity (Wildman–Crippen MR) is 105 cm³/mol. The van der Waals surface area contributed by atoms with Crippen LogP contribution in [0, 0.1) is 10.7 Å². The molecule has 0 amide bonds. The van der Waals surface area contributed by atoms with Crippen LogP contribution < -0.4 is 0 Å². The fourth-order valence-corrected chi connectivity index (χ4v) is 3.68. The molecule has 1 fully saturated rings. The van der Waals surface area contributed by atoms with Crippen molar-refractivity contribution < 1.29 is 0 Å². The zero-order valence-corrected chi connectivity index (χ0v) is 16.7. The van der Waals surface area contributed by atoms with Crippen LogP contribution in [0.3, 0.4) is 0 Å². The van der Waals surface area contributed by atoms with Crippen molar-refractivity contribution in [3.8, 4) is 11.4 Å². The first-order chi connectivity index (χ1) is 12.0. The average Bonchev–Trinajstić information content (AvgIpc) is 2.85. The van der Waals surface area contributed by atoms with Gasteiger partial charge in [-0.15, -0.1) is 0 Å². The zero-order valence-electron chi connectivity index (χ0n) is 15.2. The molecule has 1 aromatic carbocycles. The number of hydrogen-bond donors (Lipinski definition) is 0. The second-order valence-corrected chi connectivity index (χ2v) is 7.87. The van der Waals surface area contributed by atoms with Gasteiger partial charge in [0.05, 0.1) is 11.7 Å². The minimum atomic E-state index is 0.694. The van der Waals surface area contributed by atoms with Crippen LogP contribution in [-0.4, -0.2) is 56.9 Å². The summed E-state index contributed by atoms with van der Waals surface area (Å²) in [5.74, 6) is 1.53. The molecule has 3 rings (SSSR count). The van der Waals surface area contributed by atoms with E-state index in [-0.39, 0.29) is 0 Å². The lowest BCUT2D eigenvalue weighted by atomic mass is 10.2. The quantitative estimate of drug-likeness (QED) is 0.743. The minimum Gasteiger partial charge on any atom is -0.303 e. The Morgan fingerprint density at radius 1 is 1.12 bits per heavy atom. The topological polar surface area (TPSA) is 29.2 Å². The van der Waals surface area contributed by atoms with E-state index in [1.165, 1.54) is 6.54 Å². The van der Waals surface area contributed by atoms with Crippen molar-refractivity contribution in [2.45, 2.75) is 20.5 Å². The fourth-order valence-electron chi connectivity index (χ4n) is 3.28. The average molecular weight is 380 g/mol. The Kier molecular flexibility index (Phi) is 5.94. The Hall–Kier alpha value is -1.21. The first kappa shape index (κ1) is 18.6. The van der Waals surface area contributed by atoms with Gasteiger partial charge in [0.1, 0.15) is 0 Å². The molecule has 0 saturated carbocycles. The third kappa shape index (κ3) is 4.31. The summed E-state index contributed by atoms with van der Waals surface area (Å²) in [6.45, 7) is 10.8. The van der Waals surface area contributed by atoms with E-state index in [1.54, 1.807) is 0 Å². The predicted octanol–water partition coefficient (Wildman–Crippen LogP) is 3.50. The lowest BCUT2D eigenvalue weighted by molar-refractivity contribution is 0.0950. The third-order valence-electron chi connectivity index (χ3n) is 4.58. The highest BCUT2D eigenvalue weighted by Crippen LogP contribution is 2.26. The van der Waals surface area contributed by atoms with Crippen LogP contribution in [0.2, 0.25) is 5.02 Å². The molecule has 5 nitrogen and oxygen atoms in total. The molecular weight excluding hydrogens is 354 g/mol. The molecule has 0 atom stereocenters. The van der Waals surface area contributed by atoms with Crippen molar-refractivity contribution in [3.63, 3.8) is 0 Å². The van der Waals surface area contributed by atoms with E-state index in [4.69, 9.17) is 28.9 Å². The van der Waals surface area contributed by atoms with Crippen molar-refractivity contribution in [3.05, 3.63) is 34.1 Å². The third-order valence-corrected chi connectivity index (χ3v) is 5.39. The van der Waals surface area contributed by atoms with Crippen LogP contribution in [0.1, 0.15) is 13.8 Å². The van der Waals surface area contributed by atoms with Gasteiger partial charge in [-0.2, -0.15) is 5.10 Å². The molecule has 0 unspecified atom stereocenters. The highest BCUT2D eigenvalue weighted by atomic mass is 35.5. The molecule has 0 radical (unpaired) electrons. The molecule has 0 N–H and O–H groups in total. The summed E-state index contributed by atoms with van der Waals surface area (Å²) >= 11 is 11.9. The van der Waals surface area contributed by atoms with Crippen LogP contribution in [0.25, 0.3) is 11.4 Å². The molecule has 2 heterocycles. The van der Waals surface area contributed by atoms with Crippen molar-refractivity contribution in [2.75, 3.05) is 32.7 Å². The van der Waals surface area contributed by atoms with Gasteiger partial charge < -0.3 is 9.47 Å². The second-order valence-electron chi connectivity index (χ2n) is 7.10. The molecular formula is C18H26ClN5S. The van der Waals surface area contributed by atoms with Crippen LogP contribution in [0.4, 0.5) is 0 Å². The maximum atomic E-state index is 6.33. The Bertz CT molecular complexity index is 774. The Morgan fingerprint density at radius 2 is 1.76 bits per heavy atom. The SMILES string of the molecule is CC(C)CN1CCN(Cn2nc(-c3ccccc3Cl)n(C)c2=S)CC1. The molecule has 0 bridgehead atoms. The van der Waals surface area contributed by atoms with Crippen molar-refractivity contribution in [1.82, 2.24) is 24.1 Å². The van der Waals surface area contributed by atoms with Crippen LogP contribution in [0.5, 0.6) is 0 Å². The van der Waals surface area contributed by atoms with Crippen LogP contribution in [0.15, 0.2) is 24.3 Å². The van der Waals surface area contributed by atoms with Crippen molar-refractivity contribution in [1.29, 1.82) is 0 Å². The van der Waals surface area contributed by atoms with Gasteiger partial charge in [0.2, 0.25) is 0 Å². The smallest absolute Gasteiger partial charge is 0.199 e. The first-order valence-electron chi connectivity index (χ1n) is 8.79. The Labute approximate surface area is 159 Å². The summed E-state index contributed by atoms with van der Waals surface area (Å²) in [5.41, 5.74) is 0.915. The molecule has 0 aliphatic carbocycles. The van der Waals surface area contributed by atoms with Gasteiger partial charge in [-0.1, -0.05) is 37.6 Å². The van der Waals surface area contributed by atoms with E-state index in [0.717, 1.165) is 49.0 Å². The largest absolute Gasteiger partial charge is 0.303 e. The maximum absolute atomic E-state index is 6.33. The van der Waals surface area contributed by atoms with E-state index < -0.39 is 0 Å². The summed E-state index contributed by atoms with van der Waals surface area (Å²) in [5, 5.41) is 5.43. The molecule has 1 aromatic heterocycles. The molecule has 25 heavy (non-hydrogen) atoms. The first-order valence-corrected chi connectivity index (χ1v) is 9.57. The summed E-state index contributed by atoms with van der Waals surface area (Å²) in [7, 11) is 1.95. The second kappa shape index (κ2) is 7.99. The van der Waals surface area contributed by atoms with Gasteiger partial charge in [-0.25, -0.2) is 4.68 Å². The molecule has 0 spiro atoms. The molecule has 1 aliphatic heterocycles. The van der Waals surface area contributed by atoms with E-state index in [1.807, 2.05) is 40.6 Å². The Morgan fingerprint density at radius 3 is 2.40 bits per heavy atom. The molecule has 136 valence electrons. The van der Waals surface area contributed by atoms with E-state index in [0.29, 0.717) is 10.9 Å². The van der Waals surface area contributed by atoms with Gasteiger partial charge in [-0.05, 0) is 30.3 Å². The van der Waals surface area contributed by atoms with Gasteiger partial charge in [0, 0.05) is 45.3 Å².